The molecule has 1 amide bonds. The Morgan fingerprint density at radius 2 is 0.902 bits per heavy atom. The smallest absolute Gasteiger partial charge is 0.220 e. The van der Waals surface area contributed by atoms with E-state index >= 15 is 0 Å². The molecule has 1 aliphatic heterocycles. The van der Waals surface area contributed by atoms with E-state index in [1.807, 2.05) is 6.08 Å². The molecule has 362 valence electrons. The van der Waals surface area contributed by atoms with E-state index < -0.39 is 49.5 Å². The maximum Gasteiger partial charge on any atom is 0.220 e. The number of rotatable bonds is 45. The molecule has 1 saturated heterocycles. The monoisotopic (exact) mass is 868 g/mol. The van der Waals surface area contributed by atoms with Crippen molar-refractivity contribution in [3.63, 3.8) is 0 Å². The summed E-state index contributed by atoms with van der Waals surface area (Å²) in [4.78, 5) is 13.0. The summed E-state index contributed by atoms with van der Waals surface area (Å²) in [6.07, 6.45) is 44.1. The van der Waals surface area contributed by atoms with Crippen LogP contribution in [0.5, 0.6) is 0 Å². The van der Waals surface area contributed by atoms with Gasteiger partial charge < -0.3 is 40.3 Å². The highest BCUT2D eigenvalue weighted by atomic mass is 16.7. The number of unbranched alkanes of at least 4 members (excludes halogenated alkanes) is 35. The zero-order chi connectivity index (χ0) is 44.4. The maximum atomic E-state index is 13.0. The summed E-state index contributed by atoms with van der Waals surface area (Å²) in [5, 5.41) is 54.4. The number of allylic oxidation sites excluding steroid dienone is 1. The second-order valence-electron chi connectivity index (χ2n) is 18.7. The van der Waals surface area contributed by atoms with Crippen LogP contribution in [0.3, 0.4) is 0 Å². The number of carbonyl (C=O) groups excluding carboxylic acids is 1. The van der Waals surface area contributed by atoms with Crippen LogP contribution in [-0.2, 0) is 14.3 Å². The highest BCUT2D eigenvalue weighted by molar-refractivity contribution is 5.76. The Hall–Kier alpha value is -1.07. The molecule has 0 bridgehead atoms. The van der Waals surface area contributed by atoms with Crippen molar-refractivity contribution in [1.29, 1.82) is 0 Å². The Labute approximate surface area is 376 Å². The predicted octanol–water partition coefficient (Wildman–Crippen LogP) is 12.1. The fourth-order valence-corrected chi connectivity index (χ4v) is 8.63. The zero-order valence-electron chi connectivity index (χ0n) is 39.9. The van der Waals surface area contributed by atoms with Gasteiger partial charge in [-0.05, 0) is 19.3 Å². The first-order valence-corrected chi connectivity index (χ1v) is 26.4. The second-order valence-corrected chi connectivity index (χ2v) is 18.7. The molecular formula is C52H101NO8. The van der Waals surface area contributed by atoms with Crippen LogP contribution in [0.1, 0.15) is 258 Å². The van der Waals surface area contributed by atoms with E-state index in [4.69, 9.17) is 9.47 Å². The first-order chi connectivity index (χ1) is 29.8. The van der Waals surface area contributed by atoms with E-state index in [0.29, 0.717) is 6.42 Å². The molecule has 9 heteroatoms. The molecule has 0 aromatic heterocycles. The summed E-state index contributed by atoms with van der Waals surface area (Å²) in [5.41, 5.74) is 0. The molecule has 61 heavy (non-hydrogen) atoms. The summed E-state index contributed by atoms with van der Waals surface area (Å²) < 4.78 is 11.2. The van der Waals surface area contributed by atoms with Crippen LogP contribution in [-0.4, -0.2) is 87.5 Å². The van der Waals surface area contributed by atoms with E-state index in [2.05, 4.69) is 19.2 Å². The van der Waals surface area contributed by atoms with Gasteiger partial charge in [0.1, 0.15) is 24.4 Å². The van der Waals surface area contributed by atoms with Gasteiger partial charge in [-0.2, -0.15) is 0 Å². The van der Waals surface area contributed by atoms with Crippen molar-refractivity contribution in [2.45, 2.75) is 301 Å². The lowest BCUT2D eigenvalue weighted by Crippen LogP contribution is -2.60. The fourth-order valence-electron chi connectivity index (χ4n) is 8.63. The van der Waals surface area contributed by atoms with Crippen molar-refractivity contribution in [2.24, 2.45) is 0 Å². The topological polar surface area (TPSA) is 149 Å². The summed E-state index contributed by atoms with van der Waals surface area (Å²) in [6.45, 7) is 3.80. The number of carbonyl (C=O) groups is 1. The van der Waals surface area contributed by atoms with Crippen LogP contribution in [0.4, 0.5) is 0 Å². The van der Waals surface area contributed by atoms with Crippen LogP contribution in [0.2, 0.25) is 0 Å². The third-order valence-electron chi connectivity index (χ3n) is 12.9. The molecule has 0 radical (unpaired) electrons. The van der Waals surface area contributed by atoms with Crippen LogP contribution in [0.25, 0.3) is 0 Å². The minimum atomic E-state index is -1.56. The molecule has 0 aromatic carbocycles. The largest absolute Gasteiger partial charge is 0.394 e. The molecule has 0 spiro atoms. The molecule has 9 nitrogen and oxygen atoms in total. The van der Waals surface area contributed by atoms with Crippen molar-refractivity contribution in [3.05, 3.63) is 12.2 Å². The van der Waals surface area contributed by atoms with E-state index in [1.165, 1.54) is 199 Å². The number of hydrogen-bond donors (Lipinski definition) is 6. The number of aliphatic hydroxyl groups excluding tert-OH is 5. The molecular weight excluding hydrogens is 767 g/mol. The minimum Gasteiger partial charge on any atom is -0.394 e. The molecule has 7 atom stereocenters. The molecule has 1 heterocycles. The van der Waals surface area contributed by atoms with Gasteiger partial charge in [-0.1, -0.05) is 244 Å². The predicted molar refractivity (Wildman–Crippen MR) is 254 cm³/mol. The summed E-state index contributed by atoms with van der Waals surface area (Å²) >= 11 is 0. The Bertz CT molecular complexity index is 966. The van der Waals surface area contributed by atoms with E-state index in [1.54, 1.807) is 6.08 Å². The van der Waals surface area contributed by atoms with Crippen molar-refractivity contribution in [3.8, 4) is 0 Å². The van der Waals surface area contributed by atoms with Gasteiger partial charge in [0.25, 0.3) is 0 Å². The quantitative estimate of drug-likeness (QED) is 0.0262. The SMILES string of the molecule is CCCCCCCCCCCCCCCCCCCCCCCC/C=C/C(O)C(COC1OC(CO)C(O)C(O)C1O)NC(=O)CCCCCCCCCCCCCCCC. The normalized spacial score (nSPS) is 20.4. The van der Waals surface area contributed by atoms with Gasteiger partial charge in [0.15, 0.2) is 6.29 Å². The first kappa shape index (κ1) is 57.9. The minimum absolute atomic E-state index is 0.173. The standard InChI is InChI=1S/C52H101NO8/c1-3-5-7-9-11-13-15-17-19-20-21-22-23-24-25-26-27-28-29-31-33-35-37-39-41-46(55)45(44-60-52-51(59)50(58)49(57)47(43-54)61-52)53-48(56)42-40-38-36-34-32-30-18-16-14-12-10-8-6-4-2/h39,41,45-47,49-52,54-55,57-59H,3-38,40,42-44H2,1-2H3,(H,53,56)/b41-39+. The Morgan fingerprint density at radius 3 is 1.28 bits per heavy atom. The number of nitrogens with one attached hydrogen (secondary N) is 1. The van der Waals surface area contributed by atoms with Gasteiger partial charge in [-0.15, -0.1) is 0 Å². The fraction of sp³-hybridized carbons (Fsp3) is 0.942. The first-order valence-electron chi connectivity index (χ1n) is 26.4. The molecule has 1 aliphatic rings. The average Bonchev–Trinajstić information content (AvgIpc) is 3.26. The van der Waals surface area contributed by atoms with Crippen LogP contribution in [0.15, 0.2) is 12.2 Å². The van der Waals surface area contributed by atoms with Gasteiger partial charge in [0.2, 0.25) is 5.91 Å². The second kappa shape index (κ2) is 42.9. The summed E-state index contributed by atoms with van der Waals surface area (Å²) in [6, 6.07) is -0.799. The molecule has 1 fully saturated rings. The number of hydrogen-bond acceptors (Lipinski definition) is 8. The van der Waals surface area contributed by atoms with E-state index in [0.717, 1.165) is 38.5 Å². The lowest BCUT2D eigenvalue weighted by Gasteiger charge is -2.40. The van der Waals surface area contributed by atoms with Gasteiger partial charge in [0, 0.05) is 6.42 Å². The van der Waals surface area contributed by atoms with Crippen molar-refractivity contribution in [1.82, 2.24) is 5.32 Å². The zero-order valence-corrected chi connectivity index (χ0v) is 39.9. The van der Waals surface area contributed by atoms with E-state index in [-0.39, 0.29) is 12.5 Å². The van der Waals surface area contributed by atoms with Crippen molar-refractivity contribution >= 4 is 5.91 Å². The average molecular weight is 868 g/mol. The maximum absolute atomic E-state index is 13.0. The lowest BCUT2D eigenvalue weighted by atomic mass is 9.99. The highest BCUT2D eigenvalue weighted by Gasteiger charge is 2.44. The van der Waals surface area contributed by atoms with Gasteiger partial charge in [-0.3, -0.25) is 4.79 Å². The number of amides is 1. The van der Waals surface area contributed by atoms with E-state index in [9.17, 15) is 30.3 Å². The Balaban J connectivity index is 2.24. The van der Waals surface area contributed by atoms with Crippen molar-refractivity contribution in [2.75, 3.05) is 13.2 Å². The molecule has 0 saturated carbocycles. The summed E-state index contributed by atoms with van der Waals surface area (Å²) in [7, 11) is 0. The van der Waals surface area contributed by atoms with Gasteiger partial charge in [0.05, 0.1) is 25.4 Å². The lowest BCUT2D eigenvalue weighted by molar-refractivity contribution is -0.302. The van der Waals surface area contributed by atoms with Gasteiger partial charge in [-0.25, -0.2) is 0 Å². The highest BCUT2D eigenvalue weighted by Crippen LogP contribution is 2.23. The Morgan fingerprint density at radius 1 is 0.541 bits per heavy atom. The van der Waals surface area contributed by atoms with Crippen LogP contribution in [0, 0.1) is 0 Å². The third kappa shape index (κ3) is 33.1. The number of ether oxygens (including phenoxy) is 2. The third-order valence-corrected chi connectivity index (χ3v) is 12.9. The molecule has 1 rings (SSSR count). The molecule has 6 N–H and O–H groups in total. The Kier molecular flexibility index (Phi) is 40.7. The molecule has 0 aliphatic carbocycles. The molecule has 0 aromatic rings. The van der Waals surface area contributed by atoms with Crippen LogP contribution < -0.4 is 5.32 Å². The number of aliphatic hydroxyl groups is 5. The van der Waals surface area contributed by atoms with Crippen LogP contribution >= 0.6 is 0 Å². The van der Waals surface area contributed by atoms with Crippen molar-refractivity contribution < 1.29 is 39.8 Å². The molecule has 7 unspecified atom stereocenters. The summed E-state index contributed by atoms with van der Waals surface area (Å²) in [5.74, 6) is -0.173. The van der Waals surface area contributed by atoms with Gasteiger partial charge >= 0.3 is 0 Å².